The standard InChI is InChI=1S/C25H20FN3O2S/c1-16-6-5-9-18(12-16)24(31)27-14-20(30)15-32-25-21-13-19(26)10-11-22(21)28-23(29-25)17-7-3-2-4-8-17/h2-13H,14-15H2,1H3,(H,27,31). The van der Waals surface area contributed by atoms with Crippen LogP contribution >= 0.6 is 11.8 Å². The summed E-state index contributed by atoms with van der Waals surface area (Å²) >= 11 is 1.21. The van der Waals surface area contributed by atoms with E-state index in [1.807, 2.05) is 43.3 Å². The number of aromatic nitrogens is 2. The highest BCUT2D eigenvalue weighted by Gasteiger charge is 2.14. The maximum atomic E-state index is 13.9. The van der Waals surface area contributed by atoms with E-state index in [9.17, 15) is 14.0 Å². The van der Waals surface area contributed by atoms with Gasteiger partial charge in [0, 0.05) is 16.5 Å². The SMILES string of the molecule is Cc1cccc(C(=O)NCC(=O)CSc2nc(-c3ccccc3)nc3ccc(F)cc23)c1. The molecule has 0 aliphatic carbocycles. The summed E-state index contributed by atoms with van der Waals surface area (Å²) in [5.74, 6) is -0.265. The minimum Gasteiger partial charge on any atom is -0.345 e. The largest absolute Gasteiger partial charge is 0.345 e. The van der Waals surface area contributed by atoms with E-state index in [1.54, 1.807) is 24.3 Å². The molecule has 7 heteroatoms. The molecule has 0 bridgehead atoms. The molecule has 0 spiro atoms. The molecule has 0 fully saturated rings. The van der Waals surface area contributed by atoms with Crippen molar-refractivity contribution in [2.45, 2.75) is 11.9 Å². The summed E-state index contributed by atoms with van der Waals surface area (Å²) in [6.45, 7) is 1.81. The molecule has 4 rings (SSSR count). The monoisotopic (exact) mass is 445 g/mol. The number of thioether (sulfide) groups is 1. The molecule has 0 radical (unpaired) electrons. The number of nitrogens with one attached hydrogen (secondary N) is 1. The van der Waals surface area contributed by atoms with Gasteiger partial charge in [-0.3, -0.25) is 9.59 Å². The van der Waals surface area contributed by atoms with Crippen LogP contribution < -0.4 is 5.32 Å². The number of Topliss-reactive ketones (excluding diaryl/α,β-unsaturated/α-hetero) is 1. The number of benzene rings is 3. The Hall–Kier alpha value is -3.58. The highest BCUT2D eigenvalue weighted by molar-refractivity contribution is 8.00. The van der Waals surface area contributed by atoms with Crippen LogP contribution in [0.15, 0.2) is 77.8 Å². The van der Waals surface area contributed by atoms with E-state index in [4.69, 9.17) is 0 Å². The van der Waals surface area contributed by atoms with Gasteiger partial charge in [0.1, 0.15) is 10.8 Å². The van der Waals surface area contributed by atoms with E-state index in [0.29, 0.717) is 27.3 Å². The number of nitrogens with zero attached hydrogens (tertiary/aromatic N) is 2. The van der Waals surface area contributed by atoms with Crippen molar-refractivity contribution < 1.29 is 14.0 Å². The van der Waals surface area contributed by atoms with Gasteiger partial charge in [-0.25, -0.2) is 14.4 Å². The van der Waals surface area contributed by atoms with Crippen LogP contribution in [-0.4, -0.2) is 34.0 Å². The fraction of sp³-hybridized carbons (Fsp3) is 0.120. The average Bonchev–Trinajstić information content (AvgIpc) is 2.81. The number of hydrogen-bond acceptors (Lipinski definition) is 5. The number of ketones is 1. The maximum Gasteiger partial charge on any atom is 0.251 e. The summed E-state index contributed by atoms with van der Waals surface area (Å²) in [5, 5.41) is 3.72. The van der Waals surface area contributed by atoms with Crippen molar-refractivity contribution in [3.63, 3.8) is 0 Å². The Kier molecular flexibility index (Phi) is 6.56. The third-order valence-corrected chi connectivity index (χ3v) is 5.80. The summed E-state index contributed by atoms with van der Waals surface area (Å²) in [6, 6.07) is 21.0. The number of amides is 1. The smallest absolute Gasteiger partial charge is 0.251 e. The molecular weight excluding hydrogens is 425 g/mol. The molecule has 1 heterocycles. The van der Waals surface area contributed by atoms with Crippen molar-refractivity contribution in [2.24, 2.45) is 0 Å². The molecule has 1 amide bonds. The fourth-order valence-corrected chi connectivity index (χ4v) is 4.04. The molecule has 32 heavy (non-hydrogen) atoms. The van der Waals surface area contributed by atoms with Gasteiger partial charge < -0.3 is 5.32 Å². The minimum absolute atomic E-state index is 0.0882. The molecule has 0 saturated heterocycles. The van der Waals surface area contributed by atoms with E-state index < -0.39 is 5.82 Å². The Labute approximate surface area is 189 Å². The molecule has 4 aromatic rings. The number of halogens is 1. The van der Waals surface area contributed by atoms with E-state index in [0.717, 1.165) is 11.1 Å². The molecule has 160 valence electrons. The second-order valence-electron chi connectivity index (χ2n) is 7.26. The van der Waals surface area contributed by atoms with Crippen LogP contribution in [0.3, 0.4) is 0 Å². The lowest BCUT2D eigenvalue weighted by molar-refractivity contribution is -0.115. The lowest BCUT2D eigenvalue weighted by atomic mass is 10.1. The summed E-state index contributed by atoms with van der Waals surface area (Å²) in [4.78, 5) is 33.8. The lowest BCUT2D eigenvalue weighted by Crippen LogP contribution is -2.30. The second kappa shape index (κ2) is 9.70. The van der Waals surface area contributed by atoms with E-state index in [1.165, 1.54) is 23.9 Å². The molecule has 0 saturated carbocycles. The predicted octanol–water partition coefficient (Wildman–Crippen LogP) is 4.84. The summed E-state index contributed by atoms with van der Waals surface area (Å²) < 4.78 is 13.9. The number of fused-ring (bicyclic) bond motifs is 1. The average molecular weight is 446 g/mol. The Balaban J connectivity index is 1.49. The number of carbonyl (C=O) groups is 2. The molecule has 0 atom stereocenters. The van der Waals surface area contributed by atoms with E-state index >= 15 is 0 Å². The molecule has 1 aromatic heterocycles. The highest BCUT2D eigenvalue weighted by atomic mass is 32.2. The molecule has 0 aliphatic rings. The first kappa shape index (κ1) is 21.6. The van der Waals surface area contributed by atoms with Gasteiger partial charge in [0.15, 0.2) is 11.6 Å². The maximum absolute atomic E-state index is 13.9. The molecule has 0 unspecified atom stereocenters. The summed E-state index contributed by atoms with van der Waals surface area (Å²) in [5.41, 5.74) is 2.91. The minimum atomic E-state index is -0.396. The highest BCUT2D eigenvalue weighted by Crippen LogP contribution is 2.29. The van der Waals surface area contributed by atoms with Crippen molar-refractivity contribution in [1.29, 1.82) is 0 Å². The molecule has 5 nitrogen and oxygen atoms in total. The Morgan fingerprint density at radius 2 is 1.78 bits per heavy atom. The Morgan fingerprint density at radius 1 is 0.969 bits per heavy atom. The second-order valence-corrected chi connectivity index (χ2v) is 8.22. The summed E-state index contributed by atoms with van der Waals surface area (Å²) in [6.07, 6.45) is 0. The molecular formula is C25H20FN3O2S. The zero-order valence-corrected chi connectivity index (χ0v) is 18.2. The van der Waals surface area contributed by atoms with Gasteiger partial charge in [0.25, 0.3) is 5.91 Å². The molecule has 1 N–H and O–H groups in total. The first-order chi connectivity index (χ1) is 15.5. The van der Waals surface area contributed by atoms with Crippen LogP contribution in [0.1, 0.15) is 15.9 Å². The van der Waals surface area contributed by atoms with Crippen LogP contribution in [0.25, 0.3) is 22.3 Å². The van der Waals surface area contributed by atoms with Gasteiger partial charge >= 0.3 is 0 Å². The third kappa shape index (κ3) is 5.18. The summed E-state index contributed by atoms with van der Waals surface area (Å²) in [7, 11) is 0. The van der Waals surface area contributed by atoms with E-state index in [-0.39, 0.29) is 24.0 Å². The van der Waals surface area contributed by atoms with Crippen molar-refractivity contribution in [1.82, 2.24) is 15.3 Å². The zero-order chi connectivity index (χ0) is 22.5. The van der Waals surface area contributed by atoms with Gasteiger partial charge in [-0.1, -0.05) is 59.8 Å². The van der Waals surface area contributed by atoms with Gasteiger partial charge in [-0.05, 0) is 37.3 Å². The topological polar surface area (TPSA) is 72.0 Å². The number of rotatable bonds is 7. The normalized spacial score (nSPS) is 10.8. The predicted molar refractivity (Wildman–Crippen MR) is 124 cm³/mol. The molecule has 3 aromatic carbocycles. The van der Waals surface area contributed by atoms with Crippen LogP contribution in [0.5, 0.6) is 0 Å². The third-order valence-electron chi connectivity index (χ3n) is 4.75. The van der Waals surface area contributed by atoms with Gasteiger partial charge in [-0.15, -0.1) is 0 Å². The van der Waals surface area contributed by atoms with Crippen molar-refractivity contribution in [2.75, 3.05) is 12.3 Å². The molecule has 0 aliphatic heterocycles. The van der Waals surface area contributed by atoms with Crippen molar-refractivity contribution in [3.05, 3.63) is 89.7 Å². The zero-order valence-electron chi connectivity index (χ0n) is 17.3. The number of carbonyl (C=O) groups excluding carboxylic acids is 2. The van der Waals surface area contributed by atoms with Crippen LogP contribution in [-0.2, 0) is 4.79 Å². The number of aryl methyl sites for hydroxylation is 1. The van der Waals surface area contributed by atoms with Crippen molar-refractivity contribution in [3.8, 4) is 11.4 Å². The van der Waals surface area contributed by atoms with Gasteiger partial charge in [0.2, 0.25) is 0 Å². The van der Waals surface area contributed by atoms with E-state index in [2.05, 4.69) is 15.3 Å². The fourth-order valence-electron chi connectivity index (χ4n) is 3.17. The first-order valence-corrected chi connectivity index (χ1v) is 11.0. The first-order valence-electron chi connectivity index (χ1n) is 10.0. The van der Waals surface area contributed by atoms with Gasteiger partial charge in [-0.2, -0.15) is 0 Å². The van der Waals surface area contributed by atoms with Crippen LogP contribution in [0.2, 0.25) is 0 Å². The number of hydrogen-bond donors (Lipinski definition) is 1. The van der Waals surface area contributed by atoms with Crippen molar-refractivity contribution >= 4 is 34.4 Å². The Morgan fingerprint density at radius 3 is 2.56 bits per heavy atom. The quantitative estimate of drug-likeness (QED) is 0.326. The van der Waals surface area contributed by atoms with Crippen LogP contribution in [0.4, 0.5) is 4.39 Å². The van der Waals surface area contributed by atoms with Crippen LogP contribution in [0, 0.1) is 12.7 Å². The lowest BCUT2D eigenvalue weighted by Gasteiger charge is -2.09. The van der Waals surface area contributed by atoms with Gasteiger partial charge in [0.05, 0.1) is 17.8 Å². The Bertz CT molecular complexity index is 1300.